The molecule has 0 bridgehead atoms. The Morgan fingerprint density at radius 1 is 1.35 bits per heavy atom. The Bertz CT molecular complexity index is 440. The van der Waals surface area contributed by atoms with Gasteiger partial charge in [0, 0.05) is 25.0 Å². The summed E-state index contributed by atoms with van der Waals surface area (Å²) in [7, 11) is -1.68. The van der Waals surface area contributed by atoms with Crippen molar-refractivity contribution in [2.75, 3.05) is 13.6 Å². The number of unbranched alkanes of at least 4 members (excludes halogenated alkanes) is 2. The van der Waals surface area contributed by atoms with Crippen molar-refractivity contribution >= 4 is 21.4 Å². The van der Waals surface area contributed by atoms with Gasteiger partial charge in [-0.25, -0.2) is 12.7 Å². The maximum Gasteiger partial charge on any atom is 0.252 e. The maximum atomic E-state index is 12.2. The predicted molar refractivity (Wildman–Crippen MR) is 71.6 cm³/mol. The summed E-state index contributed by atoms with van der Waals surface area (Å²) in [6.07, 6.45) is 3.05. The summed E-state index contributed by atoms with van der Waals surface area (Å²) in [4.78, 5) is 0.894. The lowest BCUT2D eigenvalue weighted by Gasteiger charge is -2.15. The number of rotatable bonds is 7. The van der Waals surface area contributed by atoms with Gasteiger partial charge < -0.3 is 5.73 Å². The van der Waals surface area contributed by atoms with Crippen molar-refractivity contribution in [1.29, 1.82) is 0 Å². The zero-order valence-electron chi connectivity index (χ0n) is 10.3. The van der Waals surface area contributed by atoms with Gasteiger partial charge in [-0.2, -0.15) is 0 Å². The molecule has 1 rings (SSSR count). The Hall–Kier alpha value is -0.430. The lowest BCUT2D eigenvalue weighted by molar-refractivity contribution is 0.456. The fourth-order valence-corrected chi connectivity index (χ4v) is 4.12. The first-order valence-electron chi connectivity index (χ1n) is 5.77. The topological polar surface area (TPSA) is 63.4 Å². The first kappa shape index (κ1) is 14.6. The van der Waals surface area contributed by atoms with Crippen LogP contribution in [0.1, 0.15) is 31.1 Å². The van der Waals surface area contributed by atoms with Gasteiger partial charge in [-0.05, 0) is 18.6 Å². The Labute approximate surface area is 107 Å². The normalized spacial score (nSPS) is 12.2. The van der Waals surface area contributed by atoms with Crippen LogP contribution < -0.4 is 5.73 Å². The van der Waals surface area contributed by atoms with Crippen molar-refractivity contribution in [2.24, 2.45) is 5.73 Å². The minimum Gasteiger partial charge on any atom is -0.326 e. The van der Waals surface area contributed by atoms with Crippen LogP contribution in [0.3, 0.4) is 0 Å². The second-order valence-corrected chi connectivity index (χ2v) is 7.40. The number of hydrogen-bond donors (Lipinski definition) is 1. The van der Waals surface area contributed by atoms with E-state index in [-0.39, 0.29) is 0 Å². The molecule has 0 fully saturated rings. The van der Waals surface area contributed by atoms with Gasteiger partial charge in [-0.3, -0.25) is 0 Å². The summed E-state index contributed by atoms with van der Waals surface area (Å²) in [6.45, 7) is 3.06. The van der Waals surface area contributed by atoms with Crippen molar-refractivity contribution < 1.29 is 8.42 Å². The molecule has 0 spiro atoms. The summed E-state index contributed by atoms with van der Waals surface area (Å²) in [5, 5.41) is 0. The average molecular weight is 276 g/mol. The number of thiophene rings is 1. The molecule has 0 atom stereocenters. The molecule has 0 aliphatic rings. The van der Waals surface area contributed by atoms with Crippen molar-refractivity contribution in [3.05, 3.63) is 17.0 Å². The lowest BCUT2D eigenvalue weighted by Crippen LogP contribution is -2.27. The van der Waals surface area contributed by atoms with Crippen LogP contribution >= 0.6 is 11.3 Å². The van der Waals surface area contributed by atoms with E-state index in [4.69, 9.17) is 5.73 Å². The van der Waals surface area contributed by atoms with Crippen LogP contribution in [-0.2, 0) is 16.6 Å². The van der Waals surface area contributed by atoms with E-state index >= 15 is 0 Å². The monoisotopic (exact) mass is 276 g/mol. The molecular weight excluding hydrogens is 256 g/mol. The molecule has 0 aromatic carbocycles. The molecule has 17 heavy (non-hydrogen) atoms. The SMILES string of the molecule is CCCCCN(C)S(=O)(=O)c1ccc(CN)s1. The zero-order valence-corrected chi connectivity index (χ0v) is 12.0. The second kappa shape index (κ2) is 6.49. The van der Waals surface area contributed by atoms with E-state index in [0.29, 0.717) is 17.3 Å². The largest absolute Gasteiger partial charge is 0.326 e. The molecule has 6 heteroatoms. The Morgan fingerprint density at radius 3 is 2.59 bits per heavy atom. The molecule has 0 aliphatic heterocycles. The highest BCUT2D eigenvalue weighted by Crippen LogP contribution is 2.24. The summed E-state index contributed by atoms with van der Waals surface area (Å²) in [5.74, 6) is 0. The molecular formula is C11H20N2O2S2. The van der Waals surface area contributed by atoms with E-state index < -0.39 is 10.0 Å². The lowest BCUT2D eigenvalue weighted by atomic mass is 10.2. The van der Waals surface area contributed by atoms with Gasteiger partial charge in [0.15, 0.2) is 0 Å². The average Bonchev–Trinajstić information content (AvgIpc) is 2.78. The van der Waals surface area contributed by atoms with Crippen LogP contribution in [0, 0.1) is 0 Å². The first-order valence-corrected chi connectivity index (χ1v) is 8.03. The van der Waals surface area contributed by atoms with Crippen LogP contribution in [0.25, 0.3) is 0 Å². The number of hydrogen-bond acceptors (Lipinski definition) is 4. The molecule has 1 aromatic rings. The Balaban J connectivity index is 2.73. The third kappa shape index (κ3) is 3.77. The van der Waals surface area contributed by atoms with E-state index in [9.17, 15) is 8.42 Å². The van der Waals surface area contributed by atoms with Gasteiger partial charge >= 0.3 is 0 Å². The minimum absolute atomic E-state index is 0.386. The van der Waals surface area contributed by atoms with Gasteiger partial charge in [0.25, 0.3) is 10.0 Å². The highest BCUT2D eigenvalue weighted by Gasteiger charge is 2.21. The van der Waals surface area contributed by atoms with E-state index in [1.807, 2.05) is 0 Å². The van der Waals surface area contributed by atoms with Crippen LogP contribution in [0.5, 0.6) is 0 Å². The van der Waals surface area contributed by atoms with Gasteiger partial charge in [0.1, 0.15) is 4.21 Å². The molecule has 0 saturated carbocycles. The smallest absolute Gasteiger partial charge is 0.252 e. The van der Waals surface area contributed by atoms with Crippen molar-refractivity contribution in [3.63, 3.8) is 0 Å². The molecule has 98 valence electrons. The standard InChI is InChI=1S/C11H20N2O2S2/c1-3-4-5-8-13(2)17(14,15)11-7-6-10(9-12)16-11/h6-7H,3-5,8-9,12H2,1-2H3. The molecule has 4 nitrogen and oxygen atoms in total. The summed E-state index contributed by atoms with van der Waals surface area (Å²) in [5.41, 5.74) is 5.48. The third-order valence-electron chi connectivity index (χ3n) is 2.58. The predicted octanol–water partition coefficient (Wildman–Crippen LogP) is 2.02. The highest BCUT2D eigenvalue weighted by molar-refractivity contribution is 7.91. The second-order valence-electron chi connectivity index (χ2n) is 3.96. The van der Waals surface area contributed by atoms with E-state index in [1.165, 1.54) is 15.6 Å². The summed E-state index contributed by atoms with van der Waals surface area (Å²) >= 11 is 1.25. The summed E-state index contributed by atoms with van der Waals surface area (Å²) < 4.78 is 26.1. The molecule has 1 aromatic heterocycles. The quantitative estimate of drug-likeness (QED) is 0.775. The molecule has 0 saturated heterocycles. The molecule has 0 amide bonds. The number of sulfonamides is 1. The zero-order chi connectivity index (χ0) is 12.9. The van der Waals surface area contributed by atoms with Gasteiger partial charge in [-0.15, -0.1) is 11.3 Å². The molecule has 2 N–H and O–H groups in total. The van der Waals surface area contributed by atoms with Crippen LogP contribution in [0.15, 0.2) is 16.3 Å². The maximum absolute atomic E-state index is 12.2. The van der Waals surface area contributed by atoms with E-state index in [1.54, 1.807) is 19.2 Å². The van der Waals surface area contributed by atoms with E-state index in [2.05, 4.69) is 6.92 Å². The van der Waals surface area contributed by atoms with Crippen molar-refractivity contribution in [1.82, 2.24) is 4.31 Å². The molecule has 0 radical (unpaired) electrons. The fourth-order valence-electron chi connectivity index (χ4n) is 1.46. The van der Waals surface area contributed by atoms with Crippen LogP contribution in [0.4, 0.5) is 0 Å². The van der Waals surface area contributed by atoms with Crippen LogP contribution in [-0.4, -0.2) is 26.3 Å². The minimum atomic E-state index is -3.31. The summed E-state index contributed by atoms with van der Waals surface area (Å²) in [6, 6.07) is 3.41. The van der Waals surface area contributed by atoms with Gasteiger partial charge in [0.05, 0.1) is 0 Å². The van der Waals surface area contributed by atoms with Crippen molar-refractivity contribution in [2.45, 2.75) is 36.9 Å². The fraction of sp³-hybridized carbons (Fsp3) is 0.636. The highest BCUT2D eigenvalue weighted by atomic mass is 32.2. The third-order valence-corrected chi connectivity index (χ3v) is 6.01. The number of nitrogens with zero attached hydrogens (tertiary/aromatic N) is 1. The Morgan fingerprint density at radius 2 is 2.06 bits per heavy atom. The van der Waals surface area contributed by atoms with Crippen LogP contribution in [0.2, 0.25) is 0 Å². The molecule has 0 unspecified atom stereocenters. The molecule has 1 heterocycles. The van der Waals surface area contributed by atoms with Crippen molar-refractivity contribution in [3.8, 4) is 0 Å². The first-order chi connectivity index (χ1) is 8.02. The number of nitrogens with two attached hydrogens (primary N) is 1. The Kier molecular flexibility index (Phi) is 5.58. The van der Waals surface area contributed by atoms with Gasteiger partial charge in [0.2, 0.25) is 0 Å². The van der Waals surface area contributed by atoms with Gasteiger partial charge in [-0.1, -0.05) is 19.8 Å². The van der Waals surface area contributed by atoms with E-state index in [0.717, 1.165) is 24.1 Å². The molecule has 0 aliphatic carbocycles.